The summed E-state index contributed by atoms with van der Waals surface area (Å²) < 4.78 is 5.20. The van der Waals surface area contributed by atoms with Gasteiger partial charge in [0.25, 0.3) is 0 Å². The Morgan fingerprint density at radius 1 is 1.13 bits per heavy atom. The normalized spacial score (nSPS) is 9.13. The molecular weight excluding hydrogens is 186 g/mol. The van der Waals surface area contributed by atoms with E-state index in [4.69, 9.17) is 10.5 Å². The minimum Gasteiger partial charge on any atom is -0.497 e. The lowest BCUT2D eigenvalue weighted by Gasteiger charge is -2.06. The van der Waals surface area contributed by atoms with Crippen LogP contribution in [0.1, 0.15) is 31.9 Å². The van der Waals surface area contributed by atoms with Gasteiger partial charge in [-0.15, -0.1) is 0 Å². The van der Waals surface area contributed by atoms with Gasteiger partial charge in [-0.3, -0.25) is 0 Å². The van der Waals surface area contributed by atoms with Gasteiger partial charge in [0.05, 0.1) is 7.11 Å². The van der Waals surface area contributed by atoms with Crippen LogP contribution in [0.2, 0.25) is 0 Å². The second-order valence-corrected chi connectivity index (χ2v) is 3.08. The van der Waals surface area contributed by atoms with Gasteiger partial charge in [-0.2, -0.15) is 0 Å². The molecule has 0 atom stereocenters. The molecule has 0 spiro atoms. The largest absolute Gasteiger partial charge is 0.497 e. The van der Waals surface area contributed by atoms with Crippen molar-refractivity contribution in [2.24, 2.45) is 5.73 Å². The summed E-state index contributed by atoms with van der Waals surface area (Å²) in [4.78, 5) is 0. The van der Waals surface area contributed by atoms with Gasteiger partial charge >= 0.3 is 0 Å². The molecular formula is C13H23NO. The Kier molecular flexibility index (Phi) is 7.74. The van der Waals surface area contributed by atoms with Crippen molar-refractivity contribution in [1.82, 2.24) is 0 Å². The van der Waals surface area contributed by atoms with Gasteiger partial charge < -0.3 is 10.5 Å². The van der Waals surface area contributed by atoms with E-state index in [1.165, 1.54) is 11.1 Å². The van der Waals surface area contributed by atoms with E-state index in [0.29, 0.717) is 6.54 Å². The van der Waals surface area contributed by atoms with E-state index in [0.717, 1.165) is 18.6 Å². The minimum absolute atomic E-state index is 0.691. The number of rotatable bonds is 4. The van der Waals surface area contributed by atoms with Crippen molar-refractivity contribution in [1.29, 1.82) is 0 Å². The molecule has 2 heteroatoms. The maximum Gasteiger partial charge on any atom is 0.119 e. The number of methoxy groups -OCH3 is 1. The molecule has 0 aliphatic heterocycles. The van der Waals surface area contributed by atoms with E-state index in [1.54, 1.807) is 7.11 Å². The van der Waals surface area contributed by atoms with Gasteiger partial charge in [0, 0.05) is 0 Å². The van der Waals surface area contributed by atoms with E-state index in [2.05, 4.69) is 19.1 Å². The van der Waals surface area contributed by atoms with Crippen molar-refractivity contribution >= 4 is 0 Å². The lowest BCUT2D eigenvalue weighted by atomic mass is 10.1. The van der Waals surface area contributed by atoms with E-state index in [1.807, 2.05) is 19.9 Å². The molecule has 0 saturated heterocycles. The van der Waals surface area contributed by atoms with Crippen molar-refractivity contribution in [3.63, 3.8) is 0 Å². The predicted octanol–water partition coefficient (Wildman–Crippen LogP) is 2.79. The van der Waals surface area contributed by atoms with Gasteiger partial charge in [-0.1, -0.05) is 26.8 Å². The fourth-order valence-electron chi connectivity index (χ4n) is 1.36. The van der Waals surface area contributed by atoms with Crippen LogP contribution in [0.4, 0.5) is 0 Å². The van der Waals surface area contributed by atoms with E-state index < -0.39 is 0 Å². The fraction of sp³-hybridized carbons (Fsp3) is 0.538. The van der Waals surface area contributed by atoms with E-state index in [-0.39, 0.29) is 0 Å². The quantitative estimate of drug-likeness (QED) is 0.827. The number of benzene rings is 1. The fourth-order valence-corrected chi connectivity index (χ4v) is 1.36. The molecule has 0 radical (unpaired) electrons. The number of hydrogen-bond donors (Lipinski definition) is 1. The van der Waals surface area contributed by atoms with Gasteiger partial charge in [0.15, 0.2) is 0 Å². The molecule has 1 rings (SSSR count). The summed E-state index contributed by atoms with van der Waals surface area (Å²) in [7, 11) is 1.70. The topological polar surface area (TPSA) is 35.2 Å². The first-order chi connectivity index (χ1) is 7.30. The molecule has 2 nitrogen and oxygen atoms in total. The van der Waals surface area contributed by atoms with Crippen LogP contribution in [0.15, 0.2) is 18.2 Å². The predicted molar refractivity (Wildman–Crippen MR) is 66.5 cm³/mol. The average Bonchev–Trinajstić information content (AvgIpc) is 2.31. The van der Waals surface area contributed by atoms with Crippen LogP contribution in [0.3, 0.4) is 0 Å². The number of ether oxygens (including phenoxy) is 1. The second kappa shape index (κ2) is 8.30. The highest BCUT2D eigenvalue weighted by Crippen LogP contribution is 2.17. The van der Waals surface area contributed by atoms with E-state index >= 15 is 0 Å². The number of nitrogens with two attached hydrogens (primary N) is 1. The van der Waals surface area contributed by atoms with Crippen molar-refractivity contribution in [3.05, 3.63) is 29.3 Å². The van der Waals surface area contributed by atoms with Gasteiger partial charge in [-0.25, -0.2) is 0 Å². The first-order valence-electron chi connectivity index (χ1n) is 5.67. The third-order valence-electron chi connectivity index (χ3n) is 2.10. The van der Waals surface area contributed by atoms with Crippen molar-refractivity contribution < 1.29 is 4.74 Å². The van der Waals surface area contributed by atoms with Gasteiger partial charge in [0.2, 0.25) is 0 Å². The van der Waals surface area contributed by atoms with Crippen molar-refractivity contribution in [3.8, 4) is 5.75 Å². The molecule has 0 aliphatic rings. The molecule has 1 aromatic rings. The molecule has 86 valence electrons. The highest BCUT2D eigenvalue weighted by Gasteiger charge is 1.99. The maximum atomic E-state index is 5.50. The molecule has 2 N–H and O–H groups in total. The minimum atomic E-state index is 0.691. The summed E-state index contributed by atoms with van der Waals surface area (Å²) in [5.74, 6) is 0.933. The summed E-state index contributed by atoms with van der Waals surface area (Å²) in [6.07, 6.45) is 1.96. The van der Waals surface area contributed by atoms with Gasteiger partial charge in [0.1, 0.15) is 5.75 Å². The summed E-state index contributed by atoms with van der Waals surface area (Å²) in [6, 6.07) is 6.31. The molecule has 0 fully saturated rings. The third kappa shape index (κ3) is 4.84. The Balaban J connectivity index is 0.000000921. The number of aryl methyl sites for hydroxylation is 1. The van der Waals surface area contributed by atoms with Crippen LogP contribution in [0.5, 0.6) is 5.75 Å². The van der Waals surface area contributed by atoms with Crippen LogP contribution >= 0.6 is 0 Å². The molecule has 15 heavy (non-hydrogen) atoms. The van der Waals surface area contributed by atoms with Crippen molar-refractivity contribution in [2.45, 2.75) is 33.6 Å². The monoisotopic (exact) mass is 209 g/mol. The zero-order chi connectivity index (χ0) is 11.7. The SMILES string of the molecule is CC.CCc1cc(CCN)cc(OC)c1. The molecule has 0 amide bonds. The zero-order valence-corrected chi connectivity index (χ0v) is 10.3. The molecule has 0 saturated carbocycles. The molecule has 1 aromatic carbocycles. The Morgan fingerprint density at radius 3 is 2.20 bits per heavy atom. The Labute approximate surface area is 93.4 Å². The Bertz CT molecular complexity index is 249. The second-order valence-electron chi connectivity index (χ2n) is 3.08. The molecule has 0 unspecified atom stereocenters. The summed E-state index contributed by atoms with van der Waals surface area (Å²) in [6.45, 7) is 6.83. The lowest BCUT2D eigenvalue weighted by Crippen LogP contribution is -2.03. The maximum absolute atomic E-state index is 5.50. The summed E-state index contributed by atoms with van der Waals surface area (Å²) >= 11 is 0. The highest BCUT2D eigenvalue weighted by molar-refractivity contribution is 5.34. The third-order valence-corrected chi connectivity index (χ3v) is 2.10. The highest BCUT2D eigenvalue weighted by atomic mass is 16.5. The smallest absolute Gasteiger partial charge is 0.119 e. The van der Waals surface area contributed by atoms with Crippen molar-refractivity contribution in [2.75, 3.05) is 13.7 Å². The lowest BCUT2D eigenvalue weighted by molar-refractivity contribution is 0.414. The summed E-state index contributed by atoms with van der Waals surface area (Å²) in [5, 5.41) is 0. The Hall–Kier alpha value is -1.02. The van der Waals surface area contributed by atoms with Crippen LogP contribution in [-0.2, 0) is 12.8 Å². The molecule has 0 bridgehead atoms. The zero-order valence-electron chi connectivity index (χ0n) is 10.3. The first kappa shape index (κ1) is 14.0. The van der Waals surface area contributed by atoms with Crippen LogP contribution < -0.4 is 10.5 Å². The van der Waals surface area contributed by atoms with Gasteiger partial charge in [-0.05, 0) is 42.6 Å². The standard InChI is InChI=1S/C11H17NO.C2H6/c1-3-9-6-10(4-5-12)8-11(7-9)13-2;1-2/h6-8H,3-5,12H2,1-2H3;1-2H3. The first-order valence-corrected chi connectivity index (χ1v) is 5.67. The Morgan fingerprint density at radius 2 is 1.73 bits per heavy atom. The van der Waals surface area contributed by atoms with Crippen LogP contribution in [-0.4, -0.2) is 13.7 Å². The molecule has 0 aromatic heterocycles. The van der Waals surface area contributed by atoms with Crippen LogP contribution in [0, 0.1) is 0 Å². The van der Waals surface area contributed by atoms with Crippen LogP contribution in [0.25, 0.3) is 0 Å². The average molecular weight is 209 g/mol. The molecule has 0 heterocycles. The number of hydrogen-bond acceptors (Lipinski definition) is 2. The van der Waals surface area contributed by atoms with E-state index in [9.17, 15) is 0 Å². The molecule has 0 aliphatic carbocycles. The summed E-state index contributed by atoms with van der Waals surface area (Å²) in [5.41, 5.74) is 8.07.